The zero-order valence-electron chi connectivity index (χ0n) is 11.1. The van der Waals surface area contributed by atoms with Gasteiger partial charge in [0.25, 0.3) is 0 Å². The maximum atomic E-state index is 13.9. The fourth-order valence-corrected chi connectivity index (χ4v) is 2.50. The second-order valence-corrected chi connectivity index (χ2v) is 5.47. The zero-order valence-corrected chi connectivity index (χ0v) is 12.7. The molecule has 1 aromatic carbocycles. The Kier molecular flexibility index (Phi) is 5.62. The topological polar surface area (TPSA) is 43.1 Å². The molecule has 0 unspecified atom stereocenters. The summed E-state index contributed by atoms with van der Waals surface area (Å²) in [5.41, 5.74) is 4.78. The number of nitrogens with two attached hydrogens (primary N) is 1. The Morgan fingerprint density at radius 1 is 1.32 bits per heavy atom. The van der Waals surface area contributed by atoms with E-state index in [0.717, 1.165) is 6.07 Å². The van der Waals surface area contributed by atoms with Crippen LogP contribution in [0.25, 0.3) is 0 Å². The summed E-state index contributed by atoms with van der Waals surface area (Å²) in [6, 6.07) is 2.44. The molecule has 0 bridgehead atoms. The molecule has 5 heteroatoms. The lowest BCUT2D eigenvalue weighted by atomic mass is 9.76. The third kappa shape index (κ3) is 3.20. The van der Waals surface area contributed by atoms with Crippen molar-refractivity contribution >= 4 is 21.7 Å². The number of carbonyl (C=O) groups excluding carboxylic acids is 1. The average molecular weight is 334 g/mol. The number of halogens is 3. The van der Waals surface area contributed by atoms with Gasteiger partial charge < -0.3 is 5.73 Å². The smallest absolute Gasteiger partial charge is 0.144 e. The molecule has 0 aromatic heterocycles. The predicted molar refractivity (Wildman–Crippen MR) is 74.8 cm³/mol. The summed E-state index contributed by atoms with van der Waals surface area (Å²) in [6.45, 7) is 3.92. The molecule has 106 valence electrons. The van der Waals surface area contributed by atoms with E-state index in [1.807, 2.05) is 13.8 Å². The number of hydrogen-bond donors (Lipinski definition) is 1. The van der Waals surface area contributed by atoms with Gasteiger partial charge in [-0.1, -0.05) is 13.8 Å². The quantitative estimate of drug-likeness (QED) is 0.808. The molecule has 0 aliphatic heterocycles. The number of benzene rings is 1. The van der Waals surface area contributed by atoms with E-state index < -0.39 is 17.0 Å². The fourth-order valence-electron chi connectivity index (χ4n) is 2.13. The van der Waals surface area contributed by atoms with Crippen LogP contribution in [0.5, 0.6) is 0 Å². The molecule has 0 amide bonds. The van der Waals surface area contributed by atoms with E-state index in [1.54, 1.807) is 0 Å². The van der Waals surface area contributed by atoms with E-state index in [0.29, 0.717) is 12.8 Å². The summed E-state index contributed by atoms with van der Waals surface area (Å²) in [7, 11) is 0. The molecule has 0 spiro atoms. The van der Waals surface area contributed by atoms with Gasteiger partial charge >= 0.3 is 0 Å². The second-order valence-electron chi connectivity index (χ2n) is 4.61. The highest BCUT2D eigenvalue weighted by Gasteiger charge is 2.34. The van der Waals surface area contributed by atoms with E-state index in [1.165, 1.54) is 6.07 Å². The number of rotatable bonds is 6. The summed E-state index contributed by atoms with van der Waals surface area (Å²) in [5, 5.41) is 0. The minimum atomic E-state index is -0.716. The maximum Gasteiger partial charge on any atom is 0.144 e. The molecule has 0 saturated heterocycles. The van der Waals surface area contributed by atoms with Crippen molar-refractivity contribution in [1.29, 1.82) is 0 Å². The summed E-state index contributed by atoms with van der Waals surface area (Å²) < 4.78 is 27.7. The SMILES string of the molecule is CCC(CC)(CN)C(=O)Cc1c(F)ccc(Br)c1F. The predicted octanol–water partition coefficient (Wildman–Crippen LogP) is 3.60. The molecule has 2 N–H and O–H groups in total. The number of ketones is 1. The molecule has 1 rings (SSSR count). The normalized spacial score (nSPS) is 11.7. The molecule has 0 atom stereocenters. The van der Waals surface area contributed by atoms with Gasteiger partial charge in [0.05, 0.1) is 4.47 Å². The lowest BCUT2D eigenvalue weighted by molar-refractivity contribution is -0.128. The van der Waals surface area contributed by atoms with E-state index in [9.17, 15) is 13.6 Å². The Morgan fingerprint density at radius 2 is 1.89 bits per heavy atom. The van der Waals surface area contributed by atoms with E-state index in [2.05, 4.69) is 15.9 Å². The first kappa shape index (κ1) is 16.2. The molecule has 0 heterocycles. The Bertz CT molecular complexity index is 464. The van der Waals surface area contributed by atoms with Crippen LogP contribution >= 0.6 is 15.9 Å². The Hall–Kier alpha value is -0.810. The zero-order chi connectivity index (χ0) is 14.6. The van der Waals surface area contributed by atoms with Crippen LogP contribution in [-0.4, -0.2) is 12.3 Å². The van der Waals surface area contributed by atoms with Crippen molar-refractivity contribution in [2.75, 3.05) is 6.54 Å². The van der Waals surface area contributed by atoms with Crippen LogP contribution in [0.2, 0.25) is 0 Å². The van der Waals surface area contributed by atoms with Gasteiger partial charge in [0, 0.05) is 23.9 Å². The van der Waals surface area contributed by atoms with Crippen LogP contribution in [0.1, 0.15) is 32.3 Å². The molecule has 0 radical (unpaired) electrons. The first-order valence-corrected chi connectivity index (χ1v) is 7.06. The van der Waals surface area contributed by atoms with Crippen LogP contribution in [0.3, 0.4) is 0 Å². The van der Waals surface area contributed by atoms with Crippen LogP contribution in [0.4, 0.5) is 8.78 Å². The van der Waals surface area contributed by atoms with Gasteiger partial charge in [0.15, 0.2) is 0 Å². The second kappa shape index (κ2) is 6.57. The fraction of sp³-hybridized carbons (Fsp3) is 0.500. The van der Waals surface area contributed by atoms with Crippen molar-refractivity contribution in [3.63, 3.8) is 0 Å². The Morgan fingerprint density at radius 3 is 2.37 bits per heavy atom. The molecular formula is C14H18BrF2NO. The Balaban J connectivity index is 3.09. The van der Waals surface area contributed by atoms with Crippen molar-refractivity contribution in [1.82, 2.24) is 0 Å². The average Bonchev–Trinajstić information content (AvgIpc) is 2.42. The first-order chi connectivity index (χ1) is 8.91. The largest absolute Gasteiger partial charge is 0.329 e. The standard InChI is InChI=1S/C14H18BrF2NO/c1-3-14(4-2,8-18)12(19)7-9-11(16)6-5-10(15)13(9)17/h5-6H,3-4,7-8,18H2,1-2H3. The third-order valence-corrected chi connectivity index (χ3v) is 4.42. The summed E-state index contributed by atoms with van der Waals surface area (Å²) in [6.07, 6.45) is 0.863. The highest BCUT2D eigenvalue weighted by atomic mass is 79.9. The van der Waals surface area contributed by atoms with E-state index in [4.69, 9.17) is 5.73 Å². The summed E-state index contributed by atoms with van der Waals surface area (Å²) in [5.74, 6) is -1.63. The number of Topliss-reactive ketones (excluding diaryl/α,β-unsaturated/α-hetero) is 1. The van der Waals surface area contributed by atoms with Crippen LogP contribution < -0.4 is 5.73 Å². The highest BCUT2D eigenvalue weighted by Crippen LogP contribution is 2.30. The maximum absolute atomic E-state index is 13.9. The monoisotopic (exact) mass is 333 g/mol. The van der Waals surface area contributed by atoms with Crippen molar-refractivity contribution in [3.05, 3.63) is 33.8 Å². The van der Waals surface area contributed by atoms with Gasteiger partial charge in [0.1, 0.15) is 17.4 Å². The molecule has 2 nitrogen and oxygen atoms in total. The number of carbonyl (C=O) groups is 1. The molecule has 0 aliphatic carbocycles. The van der Waals surface area contributed by atoms with Crippen molar-refractivity contribution in [2.24, 2.45) is 11.1 Å². The van der Waals surface area contributed by atoms with Gasteiger partial charge in [-0.25, -0.2) is 8.78 Å². The third-order valence-electron chi connectivity index (χ3n) is 3.81. The van der Waals surface area contributed by atoms with Crippen LogP contribution in [0.15, 0.2) is 16.6 Å². The van der Waals surface area contributed by atoms with Gasteiger partial charge in [-0.15, -0.1) is 0 Å². The van der Waals surface area contributed by atoms with Crippen LogP contribution in [0, 0.1) is 17.0 Å². The van der Waals surface area contributed by atoms with Gasteiger partial charge in [-0.2, -0.15) is 0 Å². The minimum Gasteiger partial charge on any atom is -0.329 e. The lowest BCUT2D eigenvalue weighted by Gasteiger charge is -2.28. The lowest BCUT2D eigenvalue weighted by Crippen LogP contribution is -2.39. The Labute approximate surface area is 120 Å². The summed E-state index contributed by atoms with van der Waals surface area (Å²) in [4.78, 5) is 12.3. The van der Waals surface area contributed by atoms with Crippen molar-refractivity contribution in [3.8, 4) is 0 Å². The molecule has 0 fully saturated rings. The summed E-state index contributed by atoms with van der Waals surface area (Å²) >= 11 is 2.99. The molecular weight excluding hydrogens is 316 g/mol. The van der Waals surface area contributed by atoms with Gasteiger partial charge in [-0.05, 0) is 40.9 Å². The van der Waals surface area contributed by atoms with Gasteiger partial charge in [0.2, 0.25) is 0 Å². The van der Waals surface area contributed by atoms with Crippen molar-refractivity contribution in [2.45, 2.75) is 33.1 Å². The molecule has 1 aromatic rings. The molecule has 19 heavy (non-hydrogen) atoms. The van der Waals surface area contributed by atoms with Crippen LogP contribution in [-0.2, 0) is 11.2 Å². The number of hydrogen-bond acceptors (Lipinski definition) is 2. The highest BCUT2D eigenvalue weighted by molar-refractivity contribution is 9.10. The first-order valence-electron chi connectivity index (χ1n) is 6.27. The van der Waals surface area contributed by atoms with E-state index in [-0.39, 0.29) is 28.8 Å². The van der Waals surface area contributed by atoms with Crippen molar-refractivity contribution < 1.29 is 13.6 Å². The molecule has 0 aliphatic rings. The van der Waals surface area contributed by atoms with E-state index >= 15 is 0 Å². The van der Waals surface area contributed by atoms with Gasteiger partial charge in [-0.3, -0.25) is 4.79 Å². The molecule has 0 saturated carbocycles. The minimum absolute atomic E-state index is 0.156.